The fourth-order valence-corrected chi connectivity index (χ4v) is 14.0. The van der Waals surface area contributed by atoms with E-state index in [1.165, 1.54) is 30.6 Å². The summed E-state index contributed by atoms with van der Waals surface area (Å²) in [6.07, 6.45) is -6.96. The topological polar surface area (TPSA) is 381 Å². The number of aliphatic carboxylic acids is 1. The predicted molar refractivity (Wildman–Crippen MR) is 367 cm³/mol. The SMILES string of the molecule is CC[C@H](C)[C@@H]([C@@H](CC(=O)N1CCCC1[C@H](OC)[C@@H](C)C(=O)N[C@@H](Cc1ccccc1)c1nccs1)OC)N(C)C(=O)C(NC(=O)C(C(C)C)[N+](C)(C)Cc1ccc(O[C@@H]2O[C@H](C(=O)O)[C@@H](O)[C@H](O)[C@H]2O)c(NC(=O)CCNC(=O)C(CNC(=O)OC(C)(C)C)N2C(=O)C=CC2=O)c1)C(C)C. The van der Waals surface area contributed by atoms with Gasteiger partial charge in [-0.05, 0) is 75.6 Å². The van der Waals surface area contributed by atoms with Crippen LogP contribution in [0.5, 0.6) is 5.75 Å². The van der Waals surface area contributed by atoms with Crippen molar-refractivity contribution in [1.29, 1.82) is 0 Å². The fourth-order valence-electron chi connectivity index (χ4n) is 13.3. The summed E-state index contributed by atoms with van der Waals surface area (Å²) >= 11 is 1.46. The van der Waals surface area contributed by atoms with Crippen LogP contribution in [0.15, 0.2) is 72.3 Å². The molecule has 0 bridgehead atoms. The van der Waals surface area contributed by atoms with Gasteiger partial charge >= 0.3 is 12.1 Å². The van der Waals surface area contributed by atoms with Crippen molar-refractivity contribution < 1.29 is 96.5 Å². The lowest BCUT2D eigenvalue weighted by molar-refractivity contribution is -0.922. The first-order chi connectivity index (χ1) is 47.0. The monoisotopic (exact) mass is 1420 g/mol. The molecular formula is C70H103N10O19S+. The van der Waals surface area contributed by atoms with E-state index in [9.17, 15) is 58.8 Å². The van der Waals surface area contributed by atoms with Gasteiger partial charge in [0.1, 0.15) is 53.3 Å². The minimum atomic E-state index is -2.05. The summed E-state index contributed by atoms with van der Waals surface area (Å²) in [6, 6.07) is 9.30. The minimum absolute atomic E-state index is 0.0517. The number of alkyl carbamates (subject to hydrolysis) is 1. The van der Waals surface area contributed by atoms with E-state index in [0.29, 0.717) is 42.7 Å². The van der Waals surface area contributed by atoms with Crippen LogP contribution < -0.4 is 31.3 Å². The van der Waals surface area contributed by atoms with Crippen LogP contribution in [0.2, 0.25) is 0 Å². The van der Waals surface area contributed by atoms with Crippen LogP contribution in [0, 0.1) is 23.7 Å². The van der Waals surface area contributed by atoms with E-state index in [0.717, 1.165) is 22.7 Å². The Kier molecular flexibility index (Phi) is 29.2. The molecule has 2 aromatic carbocycles. The molecule has 3 aliphatic heterocycles. The number of nitrogens with zero attached hydrogens (tertiary/aromatic N) is 5. The van der Waals surface area contributed by atoms with E-state index in [2.05, 4.69) is 31.6 Å². The Bertz CT molecular complexity index is 3330. The Morgan fingerprint density at radius 2 is 1.51 bits per heavy atom. The smallest absolute Gasteiger partial charge is 0.407 e. The highest BCUT2D eigenvalue weighted by molar-refractivity contribution is 7.09. The van der Waals surface area contributed by atoms with Crippen LogP contribution in [-0.2, 0) is 75.1 Å². The molecule has 6 rings (SSSR count). The van der Waals surface area contributed by atoms with Gasteiger partial charge in [0.25, 0.3) is 17.7 Å². The Morgan fingerprint density at radius 1 is 0.840 bits per heavy atom. The number of thiazole rings is 1. The molecular weight excluding hydrogens is 1320 g/mol. The van der Waals surface area contributed by atoms with Gasteiger partial charge in [0.15, 0.2) is 12.1 Å². The van der Waals surface area contributed by atoms with E-state index in [-0.39, 0.29) is 59.1 Å². The van der Waals surface area contributed by atoms with Gasteiger partial charge in [0.2, 0.25) is 35.8 Å². The van der Waals surface area contributed by atoms with E-state index in [1.54, 1.807) is 78.0 Å². The maximum Gasteiger partial charge on any atom is 0.407 e. The van der Waals surface area contributed by atoms with Crippen molar-refractivity contribution in [1.82, 2.24) is 41.0 Å². The van der Waals surface area contributed by atoms with Gasteiger partial charge in [0.05, 0.1) is 69.0 Å². The lowest BCUT2D eigenvalue weighted by atomic mass is 9.89. The molecule has 9 N–H and O–H groups in total. The number of amides is 9. The summed E-state index contributed by atoms with van der Waals surface area (Å²) in [7, 11) is 8.30. The second kappa shape index (κ2) is 36.1. The van der Waals surface area contributed by atoms with Crippen LogP contribution in [0.3, 0.4) is 0 Å². The highest BCUT2D eigenvalue weighted by Crippen LogP contribution is 2.35. The Hall–Kier alpha value is -7.97. The van der Waals surface area contributed by atoms with Gasteiger partial charge in [-0.15, -0.1) is 11.3 Å². The maximum absolute atomic E-state index is 15.2. The number of imide groups is 1. The molecule has 1 aromatic heterocycles. The molecule has 2 saturated heterocycles. The van der Waals surface area contributed by atoms with Gasteiger partial charge in [0, 0.05) is 76.0 Å². The second-order valence-electron chi connectivity index (χ2n) is 28.1. The number of aliphatic hydroxyl groups is 3. The number of quaternary nitrogens is 1. The number of anilines is 1. The lowest BCUT2D eigenvalue weighted by Gasteiger charge is -2.42. The van der Waals surface area contributed by atoms with Gasteiger partial charge < -0.3 is 85.0 Å². The van der Waals surface area contributed by atoms with Gasteiger partial charge in [-0.2, -0.15) is 0 Å². The molecule has 0 aliphatic carbocycles. The number of ether oxygens (including phenoxy) is 5. The highest BCUT2D eigenvalue weighted by Gasteiger charge is 2.50. The summed E-state index contributed by atoms with van der Waals surface area (Å²) < 4.78 is 28.8. The quantitative estimate of drug-likeness (QED) is 0.0305. The van der Waals surface area contributed by atoms with Crippen molar-refractivity contribution in [2.75, 3.05) is 60.3 Å². The molecule has 2 fully saturated rings. The largest absolute Gasteiger partial charge is 0.479 e. The number of nitrogens with one attached hydrogen (secondary N) is 5. The third kappa shape index (κ3) is 21.1. The Labute approximate surface area is 588 Å². The van der Waals surface area contributed by atoms with Crippen molar-refractivity contribution in [3.05, 3.63) is 88.4 Å². The van der Waals surface area contributed by atoms with Crippen molar-refractivity contribution in [2.45, 2.75) is 199 Å². The van der Waals surface area contributed by atoms with Gasteiger partial charge in [-0.25, -0.2) is 14.6 Å². The van der Waals surface area contributed by atoms with Crippen molar-refractivity contribution in [3.8, 4) is 5.75 Å². The molecule has 3 aliphatic rings. The van der Waals surface area contributed by atoms with E-state index in [4.69, 9.17) is 23.7 Å². The molecule has 30 heteroatoms. The maximum atomic E-state index is 15.2. The molecule has 3 aromatic rings. The molecule has 0 spiro atoms. The zero-order chi connectivity index (χ0) is 74.2. The zero-order valence-electron chi connectivity index (χ0n) is 59.9. The molecule has 552 valence electrons. The number of methoxy groups -OCH3 is 2. The summed E-state index contributed by atoms with van der Waals surface area (Å²) in [5.41, 5.74) is 0.508. The number of carbonyl (C=O) groups is 10. The summed E-state index contributed by atoms with van der Waals surface area (Å²) in [4.78, 5) is 145. The average molecular weight is 1420 g/mol. The van der Waals surface area contributed by atoms with E-state index >= 15 is 9.59 Å². The standard InChI is InChI=1S/C70H102N10O19S/c1-16-40(6)55(49(95-14)35-53(84)78-31-20-23-46(78)60(96-15)41(7)62(88)75-45(65-72-30-32-100-65)33-42-21-18-17-19-22-42)77(11)66(91)54(38(2)3)76-64(90)56(39(4)5)80(12,13)37-43-24-25-48(97-68-59(87)57(85)58(86)61(98-68)67(92)93)44(34-43)74-50(81)28-29-71-63(89)47(79-51(82)26-27-52(79)83)36-73-69(94)99-70(8,9)10/h17-19,21-22,24-27,30,32,34,38-41,45-47,49,54-61,68,85-87H,16,20,23,28-29,31,33,35-37H2,1-15H3,(H5-,71,73,74,75,76,81,88,89,90,92,93,94)/p+1/t40-,41+,45-,46?,47?,49+,54?,55-,56?,57-,58-,59+,60+,61-,68+/m0/s1. The molecule has 4 heterocycles. The first-order valence-electron chi connectivity index (χ1n) is 33.8. The van der Waals surface area contributed by atoms with Crippen LogP contribution >= 0.6 is 11.3 Å². The number of hydrogen-bond acceptors (Lipinski definition) is 20. The number of carboxylic acid groups (broad SMARTS) is 1. The number of aromatic nitrogens is 1. The summed E-state index contributed by atoms with van der Waals surface area (Å²) in [5, 5.41) is 58.3. The normalized spacial score (nSPS) is 21.4. The summed E-state index contributed by atoms with van der Waals surface area (Å²) in [5.74, 6) is -8.22. The first-order valence-corrected chi connectivity index (χ1v) is 34.7. The van der Waals surface area contributed by atoms with Crippen LogP contribution in [0.4, 0.5) is 10.5 Å². The number of rotatable bonds is 34. The zero-order valence-corrected chi connectivity index (χ0v) is 60.7. The molecule has 100 heavy (non-hydrogen) atoms. The van der Waals surface area contributed by atoms with Gasteiger partial charge in [-0.1, -0.05) is 85.2 Å². The number of likely N-dealkylation sites (N-methyl/N-ethyl adjacent to an activating group) is 2. The van der Waals surface area contributed by atoms with Crippen LogP contribution in [0.25, 0.3) is 0 Å². The van der Waals surface area contributed by atoms with E-state index in [1.807, 2.05) is 77.3 Å². The minimum Gasteiger partial charge on any atom is -0.479 e. The molecule has 0 saturated carbocycles. The molecule has 15 atom stereocenters. The predicted octanol–water partition coefficient (Wildman–Crippen LogP) is 3.44. The number of carboxylic acids is 1. The third-order valence-electron chi connectivity index (χ3n) is 18.4. The Morgan fingerprint density at radius 3 is 2.09 bits per heavy atom. The van der Waals surface area contributed by atoms with Crippen LogP contribution in [-0.4, -0.2) is 238 Å². The first kappa shape index (κ1) is 81.0. The number of hydrogen-bond donors (Lipinski definition) is 9. The third-order valence-corrected chi connectivity index (χ3v) is 19.3. The fraction of sp³-hybridized carbons (Fsp3) is 0.614. The van der Waals surface area contributed by atoms with Crippen LogP contribution in [0.1, 0.15) is 124 Å². The van der Waals surface area contributed by atoms with E-state index < -0.39 is 157 Å². The number of carbonyl (C=O) groups excluding carboxylic acids is 9. The average Bonchev–Trinajstić information content (AvgIpc) is 1.07. The van der Waals surface area contributed by atoms with Crippen molar-refractivity contribution >= 4 is 76.3 Å². The number of benzene rings is 2. The highest BCUT2D eigenvalue weighted by atomic mass is 32.1. The summed E-state index contributed by atoms with van der Waals surface area (Å²) in [6.45, 7) is 17.5. The molecule has 0 radical (unpaired) electrons. The molecule has 9 amide bonds. The number of likely N-dealkylation sites (tertiary alicyclic amines) is 1. The van der Waals surface area contributed by atoms with Crippen molar-refractivity contribution in [2.24, 2.45) is 23.7 Å². The molecule has 29 nitrogen and oxygen atoms in total. The Balaban J connectivity index is 1.18. The molecule has 4 unspecified atom stereocenters. The lowest BCUT2D eigenvalue weighted by Crippen LogP contribution is -2.63. The van der Waals surface area contributed by atoms with Crippen molar-refractivity contribution in [3.63, 3.8) is 0 Å². The van der Waals surface area contributed by atoms with Gasteiger partial charge in [-0.3, -0.25) is 43.3 Å². The number of aliphatic hydroxyl groups excluding tert-OH is 3. The second-order valence-corrected chi connectivity index (χ2v) is 29.0.